The number of benzene rings is 2. The third-order valence-electron chi connectivity index (χ3n) is 3.43. The summed E-state index contributed by atoms with van der Waals surface area (Å²) >= 11 is 5.98. The first-order valence-electron chi connectivity index (χ1n) is 7.11. The molecule has 2 aromatic carbocycles. The van der Waals surface area contributed by atoms with Crippen LogP contribution in [0.2, 0.25) is 5.02 Å². The van der Waals surface area contributed by atoms with Gasteiger partial charge in [-0.15, -0.1) is 5.10 Å². The fourth-order valence-corrected chi connectivity index (χ4v) is 2.38. The summed E-state index contributed by atoms with van der Waals surface area (Å²) in [6.07, 6.45) is 0. The molecule has 0 saturated carbocycles. The zero-order chi connectivity index (χ0) is 16.4. The molecule has 0 unspecified atom stereocenters. The van der Waals surface area contributed by atoms with Crippen LogP contribution in [0.15, 0.2) is 48.5 Å². The van der Waals surface area contributed by atoms with Crippen molar-refractivity contribution in [3.8, 4) is 5.69 Å². The number of nitrogens with one attached hydrogen (secondary N) is 1. The zero-order valence-corrected chi connectivity index (χ0v) is 13.5. The van der Waals surface area contributed by atoms with E-state index in [1.54, 1.807) is 19.1 Å². The monoisotopic (exact) mass is 326 g/mol. The molecule has 1 amide bonds. The van der Waals surface area contributed by atoms with E-state index in [9.17, 15) is 4.79 Å². The van der Waals surface area contributed by atoms with Crippen molar-refractivity contribution in [2.24, 2.45) is 0 Å². The largest absolute Gasteiger partial charge is 0.320 e. The zero-order valence-electron chi connectivity index (χ0n) is 12.7. The summed E-state index contributed by atoms with van der Waals surface area (Å²) < 4.78 is 0. The van der Waals surface area contributed by atoms with Crippen LogP contribution in [-0.4, -0.2) is 20.9 Å². The maximum absolute atomic E-state index is 12.4. The van der Waals surface area contributed by atoms with Gasteiger partial charge in [-0.1, -0.05) is 35.9 Å². The lowest BCUT2D eigenvalue weighted by atomic mass is 10.2. The number of para-hydroxylation sites is 1. The first-order valence-corrected chi connectivity index (χ1v) is 7.49. The Morgan fingerprint density at radius 1 is 1.09 bits per heavy atom. The van der Waals surface area contributed by atoms with Crippen LogP contribution >= 0.6 is 11.6 Å². The highest BCUT2D eigenvalue weighted by Gasteiger charge is 2.17. The Morgan fingerprint density at radius 3 is 2.61 bits per heavy atom. The number of hydrogen-bond acceptors (Lipinski definition) is 3. The molecule has 0 fully saturated rings. The quantitative estimate of drug-likeness (QED) is 0.796. The van der Waals surface area contributed by atoms with E-state index in [-0.39, 0.29) is 11.6 Å². The molecule has 3 aromatic rings. The number of carbonyl (C=O) groups is 1. The smallest absolute Gasteiger partial charge is 0.278 e. The van der Waals surface area contributed by atoms with Gasteiger partial charge in [0.2, 0.25) is 0 Å². The minimum atomic E-state index is -0.287. The highest BCUT2D eigenvalue weighted by atomic mass is 35.5. The highest BCUT2D eigenvalue weighted by Crippen LogP contribution is 2.17. The second-order valence-electron chi connectivity index (χ2n) is 5.17. The van der Waals surface area contributed by atoms with Crippen LogP contribution in [0.1, 0.15) is 21.7 Å². The van der Waals surface area contributed by atoms with Gasteiger partial charge in [-0.05, 0) is 43.7 Å². The molecule has 1 heterocycles. The fourth-order valence-electron chi connectivity index (χ4n) is 2.20. The summed E-state index contributed by atoms with van der Waals surface area (Å²) in [5.41, 5.74) is 3.29. The lowest BCUT2D eigenvalue weighted by Crippen LogP contribution is -2.15. The first-order chi connectivity index (χ1) is 11.0. The molecule has 1 aromatic heterocycles. The van der Waals surface area contributed by atoms with E-state index in [0.29, 0.717) is 16.4 Å². The Labute approximate surface area is 138 Å². The normalized spacial score (nSPS) is 10.6. The van der Waals surface area contributed by atoms with E-state index >= 15 is 0 Å². The predicted molar refractivity (Wildman–Crippen MR) is 90.2 cm³/mol. The SMILES string of the molecule is Cc1ccccc1NC(=O)c1nn(-c2cccc(Cl)c2)nc1C. The molecule has 0 saturated heterocycles. The Hall–Kier alpha value is -2.66. The molecule has 0 spiro atoms. The van der Waals surface area contributed by atoms with Crippen molar-refractivity contribution in [1.29, 1.82) is 0 Å². The lowest BCUT2D eigenvalue weighted by molar-refractivity contribution is 0.102. The summed E-state index contributed by atoms with van der Waals surface area (Å²) in [6, 6.07) is 14.7. The minimum absolute atomic E-state index is 0.285. The van der Waals surface area contributed by atoms with Crippen molar-refractivity contribution in [2.45, 2.75) is 13.8 Å². The third kappa shape index (κ3) is 3.24. The van der Waals surface area contributed by atoms with Crippen molar-refractivity contribution in [3.63, 3.8) is 0 Å². The van der Waals surface area contributed by atoms with Gasteiger partial charge in [0, 0.05) is 10.7 Å². The van der Waals surface area contributed by atoms with Gasteiger partial charge in [-0.3, -0.25) is 4.79 Å². The number of aromatic nitrogens is 3. The number of rotatable bonds is 3. The van der Waals surface area contributed by atoms with Gasteiger partial charge in [0.05, 0.1) is 11.4 Å². The van der Waals surface area contributed by atoms with Crippen molar-refractivity contribution in [1.82, 2.24) is 15.0 Å². The van der Waals surface area contributed by atoms with Crippen LogP contribution in [0.25, 0.3) is 5.69 Å². The van der Waals surface area contributed by atoms with Crippen molar-refractivity contribution in [3.05, 3.63) is 70.5 Å². The molecule has 3 rings (SSSR count). The standard InChI is InChI=1S/C17H15ClN4O/c1-11-6-3-4-9-15(11)19-17(23)16-12(2)20-22(21-16)14-8-5-7-13(18)10-14/h3-10H,1-2H3,(H,19,23). The van der Waals surface area contributed by atoms with Gasteiger partial charge in [-0.2, -0.15) is 9.90 Å². The van der Waals surface area contributed by atoms with Crippen LogP contribution < -0.4 is 5.32 Å². The average molecular weight is 327 g/mol. The number of halogens is 1. The third-order valence-corrected chi connectivity index (χ3v) is 3.66. The number of carbonyl (C=O) groups excluding carboxylic acids is 1. The maximum Gasteiger partial charge on any atom is 0.278 e. The molecule has 0 aliphatic carbocycles. The Kier molecular flexibility index (Phi) is 4.12. The molecule has 0 atom stereocenters. The van der Waals surface area contributed by atoms with Gasteiger partial charge < -0.3 is 5.32 Å². The highest BCUT2D eigenvalue weighted by molar-refractivity contribution is 6.30. The molecule has 116 valence electrons. The second kappa shape index (κ2) is 6.22. The lowest BCUT2D eigenvalue weighted by Gasteiger charge is -2.06. The second-order valence-corrected chi connectivity index (χ2v) is 5.61. The first kappa shape index (κ1) is 15.2. The summed E-state index contributed by atoms with van der Waals surface area (Å²) in [5, 5.41) is 12.0. The van der Waals surface area contributed by atoms with E-state index in [0.717, 1.165) is 11.3 Å². The van der Waals surface area contributed by atoms with Crippen LogP contribution in [0.4, 0.5) is 5.69 Å². The number of anilines is 1. The molecule has 0 aliphatic rings. The Balaban J connectivity index is 1.89. The molecular formula is C17H15ClN4O. The molecule has 6 heteroatoms. The van der Waals surface area contributed by atoms with Gasteiger partial charge in [0.1, 0.15) is 0 Å². The topological polar surface area (TPSA) is 59.8 Å². The summed E-state index contributed by atoms with van der Waals surface area (Å²) in [6.45, 7) is 3.69. The van der Waals surface area contributed by atoms with Crippen molar-refractivity contribution < 1.29 is 4.79 Å². The van der Waals surface area contributed by atoms with Crippen LogP contribution in [0, 0.1) is 13.8 Å². The van der Waals surface area contributed by atoms with E-state index < -0.39 is 0 Å². The van der Waals surface area contributed by atoms with E-state index in [1.807, 2.05) is 43.3 Å². The Morgan fingerprint density at radius 2 is 1.87 bits per heavy atom. The van der Waals surface area contributed by atoms with Crippen LogP contribution in [-0.2, 0) is 0 Å². The number of amides is 1. The number of aryl methyl sites for hydroxylation is 2. The molecule has 1 N–H and O–H groups in total. The Bertz CT molecular complexity index is 873. The minimum Gasteiger partial charge on any atom is -0.320 e. The predicted octanol–water partition coefficient (Wildman–Crippen LogP) is 3.79. The van der Waals surface area contributed by atoms with E-state index in [1.165, 1.54) is 4.80 Å². The van der Waals surface area contributed by atoms with Crippen LogP contribution in [0.5, 0.6) is 0 Å². The summed E-state index contributed by atoms with van der Waals surface area (Å²) in [5.74, 6) is -0.287. The summed E-state index contributed by atoms with van der Waals surface area (Å²) in [7, 11) is 0. The van der Waals surface area contributed by atoms with E-state index in [4.69, 9.17) is 11.6 Å². The van der Waals surface area contributed by atoms with Crippen LogP contribution in [0.3, 0.4) is 0 Å². The number of nitrogens with zero attached hydrogens (tertiary/aromatic N) is 3. The van der Waals surface area contributed by atoms with Gasteiger partial charge in [-0.25, -0.2) is 0 Å². The average Bonchev–Trinajstić information content (AvgIpc) is 2.92. The van der Waals surface area contributed by atoms with Crippen molar-refractivity contribution >= 4 is 23.2 Å². The molecular weight excluding hydrogens is 312 g/mol. The fraction of sp³-hybridized carbons (Fsp3) is 0.118. The number of hydrogen-bond donors (Lipinski definition) is 1. The van der Waals surface area contributed by atoms with Gasteiger partial charge in [0.25, 0.3) is 5.91 Å². The van der Waals surface area contributed by atoms with Gasteiger partial charge in [0.15, 0.2) is 5.69 Å². The summed E-state index contributed by atoms with van der Waals surface area (Å²) in [4.78, 5) is 13.9. The molecule has 0 bridgehead atoms. The molecule has 23 heavy (non-hydrogen) atoms. The maximum atomic E-state index is 12.4. The molecule has 0 radical (unpaired) electrons. The van der Waals surface area contributed by atoms with Crippen molar-refractivity contribution in [2.75, 3.05) is 5.32 Å². The molecule has 5 nitrogen and oxygen atoms in total. The van der Waals surface area contributed by atoms with E-state index in [2.05, 4.69) is 15.5 Å². The van der Waals surface area contributed by atoms with Gasteiger partial charge >= 0.3 is 0 Å². The molecule has 0 aliphatic heterocycles.